The number of aryl methyl sites for hydroxylation is 1. The van der Waals surface area contributed by atoms with Crippen LogP contribution in [0.2, 0.25) is 5.02 Å². The second kappa shape index (κ2) is 7.60. The van der Waals surface area contributed by atoms with Gasteiger partial charge in [0.2, 0.25) is 0 Å². The lowest BCUT2D eigenvalue weighted by atomic mass is 9.88. The van der Waals surface area contributed by atoms with Crippen molar-refractivity contribution in [1.29, 1.82) is 0 Å². The molecule has 5 N–H and O–H groups in total. The van der Waals surface area contributed by atoms with Gasteiger partial charge in [0, 0.05) is 30.4 Å². The van der Waals surface area contributed by atoms with Gasteiger partial charge in [-0.25, -0.2) is 4.39 Å². The first-order valence-corrected chi connectivity index (χ1v) is 10.9. The summed E-state index contributed by atoms with van der Waals surface area (Å²) in [4.78, 5) is 13.1. The zero-order chi connectivity index (χ0) is 22.6. The van der Waals surface area contributed by atoms with Crippen LogP contribution >= 0.6 is 11.6 Å². The number of nitrogens with one attached hydrogen (secondary N) is 2. The lowest BCUT2D eigenvalue weighted by Crippen LogP contribution is -2.22. The number of anilines is 2. The highest BCUT2D eigenvalue weighted by Gasteiger charge is 2.51. The standard InChI is InChI=1S/C22H24ClFN6O2/c1-30-20(25)18(21(31)28-15-2-3-17(24)16(23)6-15)19(29-30)11-4-12-7-22(32,8-13(12)5-11)14-9-26-27-10-14/h2-3,6,9-13,32H,4-5,7-8,25H2,1H3,(H,26,27)(H,28,31). The SMILES string of the molecule is Cn1nc(C2CC3CC(O)(c4cn[nH]c4)CC3C2)c(C(=O)Nc2ccc(F)c(Cl)c2)c1N. The van der Waals surface area contributed by atoms with Crippen molar-refractivity contribution in [2.24, 2.45) is 18.9 Å². The number of nitrogens with two attached hydrogens (primary N) is 1. The molecular formula is C22H24ClFN6O2. The molecule has 1 aromatic carbocycles. The van der Waals surface area contributed by atoms with Gasteiger partial charge in [0.25, 0.3) is 5.91 Å². The van der Waals surface area contributed by atoms with Crippen LogP contribution in [0.1, 0.15) is 53.2 Å². The Morgan fingerprint density at radius 1 is 1.38 bits per heavy atom. The number of benzene rings is 1. The molecule has 2 aromatic heterocycles. The fraction of sp³-hybridized carbons (Fsp3) is 0.409. The number of aliphatic hydroxyl groups is 1. The Balaban J connectivity index is 1.36. The molecule has 3 aromatic rings. The molecule has 1 amide bonds. The van der Waals surface area contributed by atoms with Crippen LogP contribution in [-0.4, -0.2) is 31.0 Å². The molecule has 2 unspecified atom stereocenters. The van der Waals surface area contributed by atoms with E-state index in [4.69, 9.17) is 17.3 Å². The molecule has 0 bridgehead atoms. The molecule has 168 valence electrons. The van der Waals surface area contributed by atoms with Gasteiger partial charge in [-0.05, 0) is 55.7 Å². The number of hydrogen-bond donors (Lipinski definition) is 4. The summed E-state index contributed by atoms with van der Waals surface area (Å²) in [6, 6.07) is 4.00. The van der Waals surface area contributed by atoms with E-state index < -0.39 is 17.3 Å². The maximum Gasteiger partial charge on any atom is 0.261 e. The monoisotopic (exact) mass is 458 g/mol. The van der Waals surface area contributed by atoms with Gasteiger partial charge in [0.05, 0.1) is 22.5 Å². The highest BCUT2D eigenvalue weighted by Crippen LogP contribution is 2.56. The normalized spacial score (nSPS) is 26.9. The van der Waals surface area contributed by atoms with Gasteiger partial charge in [-0.3, -0.25) is 14.6 Å². The summed E-state index contributed by atoms with van der Waals surface area (Å²) in [5.41, 5.74) is 7.54. The number of H-pyrrole nitrogens is 1. The van der Waals surface area contributed by atoms with Crippen LogP contribution < -0.4 is 11.1 Å². The lowest BCUT2D eigenvalue weighted by Gasteiger charge is -2.23. The van der Waals surface area contributed by atoms with Crippen molar-refractivity contribution in [1.82, 2.24) is 20.0 Å². The Hall–Kier alpha value is -2.91. The number of aromatic nitrogens is 4. The zero-order valence-corrected chi connectivity index (χ0v) is 18.2. The van der Waals surface area contributed by atoms with E-state index in [1.165, 1.54) is 22.9 Å². The summed E-state index contributed by atoms with van der Waals surface area (Å²) in [5, 5.41) is 25.1. The molecule has 0 saturated heterocycles. The highest BCUT2D eigenvalue weighted by atomic mass is 35.5. The molecule has 2 heterocycles. The minimum Gasteiger partial charge on any atom is -0.385 e. The van der Waals surface area contributed by atoms with Gasteiger partial charge >= 0.3 is 0 Å². The Labute approximate surface area is 189 Å². The number of hydrogen-bond acceptors (Lipinski definition) is 5. The minimum absolute atomic E-state index is 0.0694. The second-order valence-electron chi connectivity index (χ2n) is 8.97. The van der Waals surface area contributed by atoms with E-state index in [2.05, 4.69) is 20.6 Å². The van der Waals surface area contributed by atoms with E-state index in [0.29, 0.717) is 41.6 Å². The Morgan fingerprint density at radius 3 is 2.72 bits per heavy atom. The van der Waals surface area contributed by atoms with Crippen LogP contribution in [0.5, 0.6) is 0 Å². The van der Waals surface area contributed by atoms with Crippen molar-refractivity contribution in [3.05, 3.63) is 58.3 Å². The van der Waals surface area contributed by atoms with Crippen LogP contribution in [0.3, 0.4) is 0 Å². The Kier molecular flexibility index (Phi) is 4.98. The third kappa shape index (κ3) is 3.45. The van der Waals surface area contributed by atoms with E-state index in [9.17, 15) is 14.3 Å². The Morgan fingerprint density at radius 2 is 2.09 bits per heavy atom. The molecular weight excluding hydrogens is 435 g/mol. The predicted molar refractivity (Wildman–Crippen MR) is 118 cm³/mol. The van der Waals surface area contributed by atoms with Crippen LogP contribution in [-0.2, 0) is 12.6 Å². The molecule has 2 fully saturated rings. The maximum atomic E-state index is 13.5. The molecule has 2 aliphatic carbocycles. The molecule has 32 heavy (non-hydrogen) atoms. The largest absolute Gasteiger partial charge is 0.385 e. The van der Waals surface area contributed by atoms with Crippen LogP contribution in [0.15, 0.2) is 30.6 Å². The van der Waals surface area contributed by atoms with E-state index in [1.54, 1.807) is 19.4 Å². The van der Waals surface area contributed by atoms with E-state index in [1.807, 2.05) is 0 Å². The first kappa shape index (κ1) is 21.0. The molecule has 8 nitrogen and oxygen atoms in total. The molecule has 0 radical (unpaired) electrons. The molecule has 5 rings (SSSR count). The average Bonchev–Trinajstić information content (AvgIpc) is 3.49. The fourth-order valence-electron chi connectivity index (χ4n) is 5.47. The van der Waals surface area contributed by atoms with E-state index >= 15 is 0 Å². The fourth-order valence-corrected chi connectivity index (χ4v) is 5.65. The number of nitrogen functional groups attached to an aromatic ring is 1. The number of carbonyl (C=O) groups is 1. The second-order valence-corrected chi connectivity index (χ2v) is 9.37. The quantitative estimate of drug-likeness (QED) is 0.476. The molecule has 2 saturated carbocycles. The molecule has 10 heteroatoms. The summed E-state index contributed by atoms with van der Waals surface area (Å²) < 4.78 is 15.0. The van der Waals surface area contributed by atoms with Crippen LogP contribution in [0.25, 0.3) is 0 Å². The number of nitrogens with zero attached hydrogens (tertiary/aromatic N) is 3. The average molecular weight is 459 g/mol. The van der Waals surface area contributed by atoms with Crippen LogP contribution in [0, 0.1) is 17.7 Å². The smallest absolute Gasteiger partial charge is 0.261 e. The minimum atomic E-state index is -0.863. The van der Waals surface area contributed by atoms with Crippen molar-refractivity contribution in [3.63, 3.8) is 0 Å². The number of halogens is 2. The number of rotatable bonds is 4. The van der Waals surface area contributed by atoms with Gasteiger partial charge in [-0.2, -0.15) is 10.2 Å². The summed E-state index contributed by atoms with van der Waals surface area (Å²) in [7, 11) is 1.71. The van der Waals surface area contributed by atoms with Gasteiger partial charge in [0.1, 0.15) is 17.2 Å². The summed E-state index contributed by atoms with van der Waals surface area (Å²) in [5.74, 6) is 0.0434. The van der Waals surface area contributed by atoms with Crippen LogP contribution in [0.4, 0.5) is 15.9 Å². The van der Waals surface area contributed by atoms with Crippen molar-refractivity contribution in [2.75, 3.05) is 11.1 Å². The van der Waals surface area contributed by atoms with Gasteiger partial charge in [-0.1, -0.05) is 11.6 Å². The van der Waals surface area contributed by atoms with Gasteiger partial charge in [0.15, 0.2) is 0 Å². The molecule has 0 aliphatic heterocycles. The van der Waals surface area contributed by atoms with Gasteiger partial charge in [-0.15, -0.1) is 0 Å². The first-order valence-electron chi connectivity index (χ1n) is 10.6. The van der Waals surface area contributed by atoms with Crippen molar-refractivity contribution in [2.45, 2.75) is 37.2 Å². The number of aromatic amines is 1. The van der Waals surface area contributed by atoms with E-state index in [-0.39, 0.29) is 16.8 Å². The van der Waals surface area contributed by atoms with Crippen molar-refractivity contribution in [3.8, 4) is 0 Å². The van der Waals surface area contributed by atoms with E-state index in [0.717, 1.165) is 18.4 Å². The predicted octanol–water partition coefficient (Wildman–Crippen LogP) is 3.56. The summed E-state index contributed by atoms with van der Waals surface area (Å²) >= 11 is 5.83. The third-order valence-electron chi connectivity index (χ3n) is 6.99. The number of carbonyl (C=O) groups excluding carboxylic acids is 1. The summed E-state index contributed by atoms with van der Waals surface area (Å²) in [6.45, 7) is 0. The zero-order valence-electron chi connectivity index (χ0n) is 17.5. The number of amides is 1. The topological polar surface area (TPSA) is 122 Å². The van der Waals surface area contributed by atoms with Gasteiger partial charge < -0.3 is 16.2 Å². The highest BCUT2D eigenvalue weighted by molar-refractivity contribution is 6.31. The maximum absolute atomic E-state index is 13.5. The molecule has 0 spiro atoms. The summed E-state index contributed by atoms with van der Waals surface area (Å²) in [6.07, 6.45) is 6.40. The first-order chi connectivity index (χ1) is 15.2. The van der Waals surface area contributed by atoms with Crippen molar-refractivity contribution >= 4 is 29.0 Å². The third-order valence-corrected chi connectivity index (χ3v) is 7.28. The van der Waals surface area contributed by atoms with Crippen molar-refractivity contribution < 1.29 is 14.3 Å². The number of fused-ring (bicyclic) bond motifs is 1. The Bertz CT molecular complexity index is 1160. The molecule has 2 atom stereocenters. The molecule has 2 aliphatic rings. The lowest BCUT2D eigenvalue weighted by molar-refractivity contribution is 0.0345.